The van der Waals surface area contributed by atoms with Crippen molar-refractivity contribution < 1.29 is 19.1 Å². The molecular weight excluding hydrogens is 556 g/mol. The highest BCUT2D eigenvalue weighted by molar-refractivity contribution is 5.99. The van der Waals surface area contributed by atoms with Crippen LogP contribution in [0.5, 0.6) is 0 Å². The Balaban J connectivity index is 1.36. The molecule has 2 heterocycles. The first kappa shape index (κ1) is 27.0. The highest BCUT2D eigenvalue weighted by Crippen LogP contribution is 2.46. The summed E-state index contributed by atoms with van der Waals surface area (Å²) in [4.78, 5) is 23.9. The number of aromatic nitrogens is 6. The first-order valence-corrected chi connectivity index (χ1v) is 14.0. The lowest BCUT2D eigenvalue weighted by atomic mass is 9.89. The lowest BCUT2D eigenvalue weighted by Gasteiger charge is -2.19. The van der Waals surface area contributed by atoms with Gasteiger partial charge in [0.2, 0.25) is 0 Å². The number of nitrogens with zero attached hydrogens (tertiary/aromatic N) is 6. The van der Waals surface area contributed by atoms with Crippen LogP contribution in [0.4, 0.5) is 0 Å². The zero-order valence-corrected chi connectivity index (χ0v) is 24.0. The summed E-state index contributed by atoms with van der Waals surface area (Å²) in [6, 6.07) is 30.7. The van der Waals surface area contributed by atoms with Gasteiger partial charge >= 0.3 is 11.9 Å². The summed E-state index contributed by atoms with van der Waals surface area (Å²) < 4.78 is 13.5. The first-order chi connectivity index (χ1) is 21.6. The number of carbonyl (C=O) groups excluding carboxylic acids is 2. The molecule has 0 amide bonds. The van der Waals surface area contributed by atoms with Gasteiger partial charge in [0.05, 0.1) is 49.8 Å². The minimum Gasteiger partial charge on any atom is -0.465 e. The zero-order valence-electron chi connectivity index (χ0n) is 24.0. The first-order valence-electron chi connectivity index (χ1n) is 14.0. The minimum absolute atomic E-state index is 0.381. The molecule has 4 aromatic carbocycles. The Morgan fingerprint density at radius 2 is 0.909 bits per heavy atom. The van der Waals surface area contributed by atoms with E-state index in [-0.39, 0.29) is 11.9 Å². The van der Waals surface area contributed by atoms with Gasteiger partial charge in [0.15, 0.2) is 0 Å². The van der Waals surface area contributed by atoms with Gasteiger partial charge in [0, 0.05) is 22.3 Å². The number of ether oxygens (including phenoxy) is 2. The Hall–Kier alpha value is -5.90. The molecule has 0 atom stereocenters. The van der Waals surface area contributed by atoms with Crippen LogP contribution < -0.4 is 0 Å². The third-order valence-electron chi connectivity index (χ3n) is 7.76. The lowest BCUT2D eigenvalue weighted by molar-refractivity contribution is 0.0592. The van der Waals surface area contributed by atoms with Crippen molar-refractivity contribution in [2.24, 2.45) is 0 Å². The number of hydrogen-bond donors (Lipinski definition) is 0. The predicted octanol–water partition coefficient (Wildman–Crippen LogP) is 5.52. The van der Waals surface area contributed by atoms with Crippen LogP contribution >= 0.6 is 0 Å². The van der Waals surface area contributed by atoms with Gasteiger partial charge in [-0.1, -0.05) is 83.2 Å². The van der Waals surface area contributed by atoms with E-state index in [1.54, 1.807) is 24.3 Å². The Kier molecular flexibility index (Phi) is 6.78. The molecule has 6 aromatic rings. The number of carbonyl (C=O) groups is 2. The molecule has 0 bridgehead atoms. The lowest BCUT2D eigenvalue weighted by Crippen LogP contribution is -2.09. The van der Waals surface area contributed by atoms with Gasteiger partial charge in [-0.25, -0.2) is 19.0 Å². The van der Waals surface area contributed by atoms with E-state index in [4.69, 9.17) is 9.47 Å². The van der Waals surface area contributed by atoms with Crippen molar-refractivity contribution in [3.63, 3.8) is 0 Å². The van der Waals surface area contributed by atoms with E-state index in [1.165, 1.54) is 14.2 Å². The van der Waals surface area contributed by atoms with E-state index < -0.39 is 0 Å². The summed E-state index contributed by atoms with van der Waals surface area (Å²) in [5.41, 5.74) is 9.81. The Morgan fingerprint density at radius 1 is 0.545 bits per heavy atom. The molecule has 0 spiro atoms. The fourth-order valence-electron chi connectivity index (χ4n) is 5.61. The fourth-order valence-corrected chi connectivity index (χ4v) is 5.61. The topological polar surface area (TPSA) is 114 Å². The second kappa shape index (κ2) is 11.1. The van der Waals surface area contributed by atoms with Crippen molar-refractivity contribution in [2.75, 3.05) is 14.2 Å². The van der Waals surface area contributed by atoms with Gasteiger partial charge in [-0.05, 0) is 35.4 Å². The molecule has 0 fully saturated rings. The predicted molar refractivity (Wildman–Crippen MR) is 163 cm³/mol. The van der Waals surface area contributed by atoms with Crippen LogP contribution in [0.1, 0.15) is 31.8 Å². The Labute approximate surface area is 252 Å². The molecule has 10 nitrogen and oxygen atoms in total. The van der Waals surface area contributed by atoms with Crippen molar-refractivity contribution in [3.05, 3.63) is 119 Å². The van der Waals surface area contributed by atoms with Gasteiger partial charge in [0.25, 0.3) is 0 Å². The van der Waals surface area contributed by atoms with Crippen molar-refractivity contribution in [3.8, 4) is 45.0 Å². The van der Waals surface area contributed by atoms with E-state index in [9.17, 15) is 9.59 Å². The molecule has 2 aromatic heterocycles. The highest BCUT2D eigenvalue weighted by atomic mass is 16.5. The van der Waals surface area contributed by atoms with Crippen molar-refractivity contribution >= 4 is 11.9 Å². The Morgan fingerprint density at radius 3 is 1.27 bits per heavy atom. The average molecular weight is 583 g/mol. The normalized spacial score (nSPS) is 11.3. The van der Waals surface area contributed by atoms with Crippen LogP contribution in [0.3, 0.4) is 0 Å². The summed E-state index contributed by atoms with van der Waals surface area (Å²) in [7, 11) is 2.73. The zero-order chi connectivity index (χ0) is 30.2. The third kappa shape index (κ3) is 4.62. The van der Waals surface area contributed by atoms with Crippen molar-refractivity contribution in [2.45, 2.75) is 13.1 Å². The molecule has 10 heteroatoms. The van der Waals surface area contributed by atoms with E-state index >= 15 is 0 Å². The molecule has 0 aliphatic heterocycles. The second-order valence-electron chi connectivity index (χ2n) is 10.4. The summed E-state index contributed by atoms with van der Waals surface area (Å²) in [5.74, 6) is -0.762. The molecule has 0 N–H and O–H groups in total. The molecule has 44 heavy (non-hydrogen) atoms. The van der Waals surface area contributed by atoms with E-state index in [2.05, 4.69) is 32.8 Å². The molecule has 1 aliphatic carbocycles. The highest BCUT2D eigenvalue weighted by Gasteiger charge is 2.30. The smallest absolute Gasteiger partial charge is 0.337 e. The number of methoxy groups -OCH3 is 2. The number of rotatable bonds is 6. The summed E-state index contributed by atoms with van der Waals surface area (Å²) in [5, 5.41) is 18.6. The Bertz CT molecular complexity index is 1880. The monoisotopic (exact) mass is 582 g/mol. The van der Waals surface area contributed by atoms with Crippen molar-refractivity contribution in [1.82, 2.24) is 30.0 Å². The van der Waals surface area contributed by atoms with Crippen molar-refractivity contribution in [1.29, 1.82) is 0 Å². The molecule has 0 saturated heterocycles. The average Bonchev–Trinajstić information content (AvgIpc) is 3.67. The molecule has 7 rings (SSSR count). The van der Waals surface area contributed by atoms with Crippen LogP contribution in [-0.4, -0.2) is 56.1 Å². The number of benzene rings is 4. The van der Waals surface area contributed by atoms with Crippen LogP contribution in [0.2, 0.25) is 0 Å². The van der Waals surface area contributed by atoms with Gasteiger partial charge in [-0.15, -0.1) is 10.2 Å². The SMILES string of the molecule is COC(=O)c1ccc(Cn2nnc3c2-c2ccccc2-c2c(nnn2Cc2ccc(C(=O)OC)cc2)-c2ccccc2-3)cc1. The van der Waals surface area contributed by atoms with Crippen LogP contribution in [-0.2, 0) is 22.6 Å². The number of fused-ring (bicyclic) bond motifs is 8. The third-order valence-corrected chi connectivity index (χ3v) is 7.76. The quantitative estimate of drug-likeness (QED) is 0.236. The second-order valence-corrected chi connectivity index (χ2v) is 10.4. The maximum absolute atomic E-state index is 12.0. The van der Waals surface area contributed by atoms with E-state index in [0.717, 1.165) is 56.2 Å². The van der Waals surface area contributed by atoms with E-state index in [1.807, 2.05) is 70.0 Å². The van der Waals surface area contributed by atoms with Gasteiger partial charge in [-0.3, -0.25) is 0 Å². The molecule has 216 valence electrons. The number of esters is 2. The van der Waals surface area contributed by atoms with Crippen LogP contribution in [0.15, 0.2) is 97.1 Å². The fraction of sp³-hybridized carbons (Fsp3) is 0.118. The molecular formula is C34H26N6O4. The maximum Gasteiger partial charge on any atom is 0.337 e. The maximum atomic E-state index is 12.0. The molecule has 0 saturated carbocycles. The summed E-state index contributed by atoms with van der Waals surface area (Å²) in [6.45, 7) is 0.883. The number of hydrogen-bond acceptors (Lipinski definition) is 8. The molecule has 1 aliphatic rings. The van der Waals surface area contributed by atoms with Gasteiger partial charge in [0.1, 0.15) is 11.4 Å². The standard InChI is InChI=1S/C34H26N6O4/c1-43-33(41)23-15-11-21(12-16-23)19-39-31-27-9-5-6-10-28(27)32-30(26-8-4-3-7-25(26)29(31)35-37-39)36-38-40(32)20-22-13-17-24(18-14-22)34(42)44-2/h3-18H,19-20H2,1-2H3. The van der Waals surface area contributed by atoms with Crippen LogP contribution in [0, 0.1) is 0 Å². The van der Waals surface area contributed by atoms with Gasteiger partial charge < -0.3 is 9.47 Å². The van der Waals surface area contributed by atoms with E-state index in [0.29, 0.717) is 24.2 Å². The van der Waals surface area contributed by atoms with Gasteiger partial charge in [-0.2, -0.15) is 0 Å². The largest absolute Gasteiger partial charge is 0.465 e. The summed E-state index contributed by atoms with van der Waals surface area (Å²) in [6.07, 6.45) is 0. The van der Waals surface area contributed by atoms with Crippen LogP contribution in [0.25, 0.3) is 45.0 Å². The molecule has 0 unspecified atom stereocenters. The molecule has 0 radical (unpaired) electrons. The minimum atomic E-state index is -0.381. The summed E-state index contributed by atoms with van der Waals surface area (Å²) >= 11 is 0.